The number of benzene rings is 3. The van der Waals surface area contributed by atoms with E-state index in [-0.39, 0.29) is 5.91 Å². The molecule has 1 aliphatic rings. The number of hydrogen-bond donors (Lipinski definition) is 1. The molecule has 134 valence electrons. The quantitative estimate of drug-likeness (QED) is 0.513. The Kier molecular flexibility index (Phi) is 4.56. The van der Waals surface area contributed by atoms with Crippen LogP contribution in [0.4, 0.5) is 5.69 Å². The molecular formula is C21H15ClN2O2S. The Labute approximate surface area is 167 Å². The molecule has 0 aromatic heterocycles. The van der Waals surface area contributed by atoms with Gasteiger partial charge in [-0.15, -0.1) is 0 Å². The summed E-state index contributed by atoms with van der Waals surface area (Å²) >= 11 is 11.6. The van der Waals surface area contributed by atoms with E-state index in [0.29, 0.717) is 27.3 Å². The van der Waals surface area contributed by atoms with Crippen LogP contribution < -0.4 is 15.0 Å². The molecule has 0 atom stereocenters. The molecule has 0 bridgehead atoms. The third-order valence-corrected chi connectivity index (χ3v) is 5.02. The molecule has 1 amide bonds. The number of anilines is 1. The van der Waals surface area contributed by atoms with Crippen LogP contribution in [0.25, 0.3) is 16.8 Å². The van der Waals surface area contributed by atoms with E-state index < -0.39 is 0 Å². The zero-order valence-corrected chi connectivity index (χ0v) is 16.0. The average molecular weight is 395 g/mol. The van der Waals surface area contributed by atoms with Crippen LogP contribution in [-0.4, -0.2) is 18.1 Å². The Balaban J connectivity index is 1.82. The fourth-order valence-corrected chi connectivity index (χ4v) is 3.65. The van der Waals surface area contributed by atoms with Crippen LogP contribution in [0.5, 0.6) is 5.75 Å². The van der Waals surface area contributed by atoms with Gasteiger partial charge in [-0.2, -0.15) is 0 Å². The predicted octanol–water partition coefficient (Wildman–Crippen LogP) is 4.76. The monoisotopic (exact) mass is 394 g/mol. The molecule has 0 spiro atoms. The molecule has 0 radical (unpaired) electrons. The Bertz CT molecular complexity index is 1110. The lowest BCUT2D eigenvalue weighted by molar-refractivity contribution is -0.113. The molecule has 1 heterocycles. The summed E-state index contributed by atoms with van der Waals surface area (Å²) in [6, 6.07) is 18.9. The standard InChI is InChI=1S/C21H15ClN2O2S/c1-26-19-11-10-13-6-2-3-7-14(13)15(19)12-17-20(25)24(21(27)23-17)18-9-5-4-8-16(18)22/h2-12H,1H3,(H,23,27)/b17-12-. The maximum atomic E-state index is 13.0. The second-order valence-corrected chi connectivity index (χ2v) is 6.78. The molecule has 6 heteroatoms. The van der Waals surface area contributed by atoms with Gasteiger partial charge < -0.3 is 10.1 Å². The highest BCUT2D eigenvalue weighted by molar-refractivity contribution is 7.80. The molecule has 1 N–H and O–H groups in total. The number of ether oxygens (including phenoxy) is 1. The Hall–Kier alpha value is -2.89. The first kappa shape index (κ1) is 17.5. The molecule has 4 nitrogen and oxygen atoms in total. The van der Waals surface area contributed by atoms with E-state index in [4.69, 9.17) is 28.6 Å². The van der Waals surface area contributed by atoms with Gasteiger partial charge in [0.2, 0.25) is 0 Å². The molecule has 3 aromatic carbocycles. The summed E-state index contributed by atoms with van der Waals surface area (Å²) in [5.74, 6) is 0.418. The zero-order valence-electron chi connectivity index (χ0n) is 14.4. The van der Waals surface area contributed by atoms with Gasteiger partial charge in [0.15, 0.2) is 5.11 Å². The van der Waals surface area contributed by atoms with Crippen LogP contribution in [-0.2, 0) is 4.79 Å². The van der Waals surface area contributed by atoms with E-state index in [0.717, 1.165) is 16.3 Å². The van der Waals surface area contributed by atoms with Crippen molar-refractivity contribution in [2.24, 2.45) is 0 Å². The number of carbonyl (C=O) groups is 1. The summed E-state index contributed by atoms with van der Waals surface area (Å²) < 4.78 is 5.51. The van der Waals surface area contributed by atoms with E-state index in [1.54, 1.807) is 31.4 Å². The van der Waals surface area contributed by atoms with E-state index in [1.165, 1.54) is 4.90 Å². The maximum Gasteiger partial charge on any atom is 0.281 e. The summed E-state index contributed by atoms with van der Waals surface area (Å²) in [7, 11) is 1.61. The third kappa shape index (κ3) is 3.05. The molecule has 0 saturated carbocycles. The topological polar surface area (TPSA) is 41.6 Å². The highest BCUT2D eigenvalue weighted by Crippen LogP contribution is 2.33. The van der Waals surface area contributed by atoms with Gasteiger partial charge in [-0.05, 0) is 47.3 Å². The third-order valence-electron chi connectivity index (χ3n) is 4.41. The number of halogens is 1. The van der Waals surface area contributed by atoms with Crippen molar-refractivity contribution < 1.29 is 9.53 Å². The van der Waals surface area contributed by atoms with Crippen molar-refractivity contribution in [1.29, 1.82) is 0 Å². The number of nitrogens with one attached hydrogen (secondary N) is 1. The van der Waals surface area contributed by atoms with Gasteiger partial charge in [-0.1, -0.05) is 54.1 Å². The van der Waals surface area contributed by atoms with Crippen LogP contribution in [0.15, 0.2) is 66.4 Å². The van der Waals surface area contributed by atoms with Gasteiger partial charge in [0, 0.05) is 5.56 Å². The first-order valence-corrected chi connectivity index (χ1v) is 9.06. The maximum absolute atomic E-state index is 13.0. The van der Waals surface area contributed by atoms with E-state index >= 15 is 0 Å². The van der Waals surface area contributed by atoms with Crippen molar-refractivity contribution in [2.75, 3.05) is 12.0 Å². The lowest BCUT2D eigenvalue weighted by Crippen LogP contribution is -2.30. The van der Waals surface area contributed by atoms with E-state index in [9.17, 15) is 4.79 Å². The van der Waals surface area contributed by atoms with Crippen molar-refractivity contribution in [2.45, 2.75) is 0 Å². The molecule has 0 unspecified atom stereocenters. The lowest BCUT2D eigenvalue weighted by Gasteiger charge is -2.15. The SMILES string of the molecule is COc1ccc2ccccc2c1/C=C1\NC(=S)N(c2ccccc2Cl)C1=O. The Morgan fingerprint density at radius 3 is 2.59 bits per heavy atom. The summed E-state index contributed by atoms with van der Waals surface area (Å²) in [5.41, 5.74) is 1.74. The lowest BCUT2D eigenvalue weighted by atomic mass is 10.0. The van der Waals surface area contributed by atoms with Crippen molar-refractivity contribution in [3.05, 3.63) is 76.9 Å². The fourth-order valence-electron chi connectivity index (χ4n) is 3.13. The summed E-state index contributed by atoms with van der Waals surface area (Å²) in [6.45, 7) is 0. The second-order valence-electron chi connectivity index (χ2n) is 5.98. The van der Waals surface area contributed by atoms with Gasteiger partial charge in [0.05, 0.1) is 17.8 Å². The molecule has 1 fully saturated rings. The highest BCUT2D eigenvalue weighted by Gasteiger charge is 2.33. The van der Waals surface area contributed by atoms with Gasteiger partial charge in [0.1, 0.15) is 11.4 Å². The van der Waals surface area contributed by atoms with Gasteiger partial charge >= 0.3 is 0 Å². The number of carbonyl (C=O) groups excluding carboxylic acids is 1. The number of nitrogens with zero attached hydrogens (tertiary/aromatic N) is 1. The van der Waals surface area contributed by atoms with Crippen molar-refractivity contribution in [1.82, 2.24) is 5.32 Å². The predicted molar refractivity (Wildman–Crippen MR) is 113 cm³/mol. The second kappa shape index (κ2) is 7.02. The molecule has 1 aliphatic heterocycles. The summed E-state index contributed by atoms with van der Waals surface area (Å²) in [5, 5.41) is 5.79. The van der Waals surface area contributed by atoms with E-state index in [2.05, 4.69) is 5.32 Å². The minimum absolute atomic E-state index is 0.261. The normalized spacial score (nSPS) is 15.5. The smallest absolute Gasteiger partial charge is 0.281 e. The van der Waals surface area contributed by atoms with Crippen molar-refractivity contribution in [3.63, 3.8) is 0 Å². The number of hydrogen-bond acceptors (Lipinski definition) is 3. The number of amides is 1. The molecular weight excluding hydrogens is 380 g/mol. The summed E-state index contributed by atoms with van der Waals surface area (Å²) in [4.78, 5) is 14.4. The van der Waals surface area contributed by atoms with Gasteiger partial charge in [0.25, 0.3) is 5.91 Å². The molecule has 0 aliphatic carbocycles. The van der Waals surface area contributed by atoms with Gasteiger partial charge in [-0.25, -0.2) is 0 Å². The fraction of sp³-hybridized carbons (Fsp3) is 0.0476. The molecule has 27 heavy (non-hydrogen) atoms. The Morgan fingerprint density at radius 2 is 1.81 bits per heavy atom. The van der Waals surface area contributed by atoms with Crippen LogP contribution in [0, 0.1) is 0 Å². The highest BCUT2D eigenvalue weighted by atomic mass is 35.5. The van der Waals surface area contributed by atoms with Crippen molar-refractivity contribution >= 4 is 57.4 Å². The van der Waals surface area contributed by atoms with Crippen LogP contribution in [0.1, 0.15) is 5.56 Å². The minimum atomic E-state index is -0.261. The minimum Gasteiger partial charge on any atom is -0.496 e. The number of para-hydroxylation sites is 1. The molecule has 4 rings (SSSR count). The van der Waals surface area contributed by atoms with Crippen molar-refractivity contribution in [3.8, 4) is 5.75 Å². The summed E-state index contributed by atoms with van der Waals surface area (Å²) in [6.07, 6.45) is 1.77. The van der Waals surface area contributed by atoms with Crippen LogP contribution >= 0.6 is 23.8 Å². The molecule has 3 aromatic rings. The number of fused-ring (bicyclic) bond motifs is 1. The largest absolute Gasteiger partial charge is 0.496 e. The first-order valence-electron chi connectivity index (χ1n) is 8.27. The Morgan fingerprint density at radius 1 is 1.07 bits per heavy atom. The first-order chi connectivity index (χ1) is 13.1. The molecule has 1 saturated heterocycles. The van der Waals surface area contributed by atoms with Crippen LogP contribution in [0.3, 0.4) is 0 Å². The number of methoxy groups -OCH3 is 1. The zero-order chi connectivity index (χ0) is 19.0. The van der Waals surface area contributed by atoms with E-state index in [1.807, 2.05) is 42.5 Å². The number of thiocarbonyl (C=S) groups is 1. The van der Waals surface area contributed by atoms with Gasteiger partial charge in [-0.3, -0.25) is 9.69 Å². The average Bonchev–Trinajstić information content (AvgIpc) is 2.96. The number of rotatable bonds is 3. The van der Waals surface area contributed by atoms with Crippen LogP contribution in [0.2, 0.25) is 5.02 Å².